The molecule has 0 bridgehead atoms. The topological polar surface area (TPSA) is 64.6 Å². The van der Waals surface area contributed by atoms with Crippen LogP contribution in [0.2, 0.25) is 0 Å². The average Bonchev–Trinajstić information content (AvgIpc) is 2.48. The number of hydrogen-bond donors (Lipinski definition) is 0. The van der Waals surface area contributed by atoms with Crippen molar-refractivity contribution in [3.63, 3.8) is 0 Å². The normalized spacial score (nSPS) is 19.1. The van der Waals surface area contributed by atoms with Crippen molar-refractivity contribution in [2.75, 3.05) is 20.2 Å². The summed E-state index contributed by atoms with van der Waals surface area (Å²) >= 11 is 0. The number of likely N-dealkylation sites (tertiary alicyclic amines) is 1. The Morgan fingerprint density at radius 1 is 1.45 bits per heavy atom. The molecular weight excluding hydrogens is 258 g/mol. The van der Waals surface area contributed by atoms with E-state index in [1.54, 1.807) is 23.2 Å². The highest BCUT2D eigenvalue weighted by Gasteiger charge is 2.24. The minimum absolute atomic E-state index is 0.0255. The Labute approximate surface area is 118 Å². The van der Waals surface area contributed by atoms with Crippen molar-refractivity contribution in [1.29, 1.82) is 0 Å². The number of carbonyl (C=O) groups excluding carboxylic acids is 1. The third-order valence-electron chi connectivity index (χ3n) is 3.09. The Balaban J connectivity index is 1.97. The number of allylic oxidation sites excluding steroid dienone is 1. The van der Waals surface area contributed by atoms with Gasteiger partial charge in [-0.3, -0.25) is 9.78 Å². The highest BCUT2D eigenvalue weighted by molar-refractivity contribution is 5.87. The van der Waals surface area contributed by atoms with E-state index in [-0.39, 0.29) is 12.0 Å². The lowest BCUT2D eigenvalue weighted by Gasteiger charge is -2.31. The van der Waals surface area contributed by atoms with E-state index in [9.17, 15) is 4.79 Å². The van der Waals surface area contributed by atoms with Gasteiger partial charge in [0.15, 0.2) is 0 Å². The van der Waals surface area contributed by atoms with Crippen LogP contribution in [0.4, 0.5) is 0 Å². The van der Waals surface area contributed by atoms with E-state index < -0.39 is 0 Å². The Bertz CT molecular complexity index is 490. The van der Waals surface area contributed by atoms with Crippen LogP contribution in [0.1, 0.15) is 19.8 Å². The average molecular weight is 277 g/mol. The van der Waals surface area contributed by atoms with Crippen molar-refractivity contribution in [2.45, 2.75) is 25.9 Å². The molecule has 1 saturated heterocycles. The summed E-state index contributed by atoms with van der Waals surface area (Å²) in [4.78, 5) is 21.8. The van der Waals surface area contributed by atoms with Crippen LogP contribution in [0.5, 0.6) is 11.8 Å². The van der Waals surface area contributed by atoms with Crippen LogP contribution in [-0.4, -0.2) is 47.1 Å². The predicted octanol–water partition coefficient (Wildman–Crippen LogP) is 1.43. The van der Waals surface area contributed by atoms with Crippen molar-refractivity contribution in [3.05, 3.63) is 24.5 Å². The molecular formula is C14H19N3O3. The van der Waals surface area contributed by atoms with Crippen LogP contribution in [0, 0.1) is 0 Å². The van der Waals surface area contributed by atoms with Crippen LogP contribution in [0.15, 0.2) is 24.5 Å². The van der Waals surface area contributed by atoms with Gasteiger partial charge in [0.1, 0.15) is 6.10 Å². The Morgan fingerprint density at radius 2 is 2.25 bits per heavy atom. The van der Waals surface area contributed by atoms with E-state index >= 15 is 0 Å². The summed E-state index contributed by atoms with van der Waals surface area (Å²) in [6.45, 7) is 3.18. The molecule has 1 aliphatic heterocycles. The summed E-state index contributed by atoms with van der Waals surface area (Å²) in [6.07, 6.45) is 8.17. The van der Waals surface area contributed by atoms with Crippen LogP contribution < -0.4 is 9.47 Å². The number of piperidine rings is 1. The van der Waals surface area contributed by atoms with Crippen molar-refractivity contribution < 1.29 is 14.3 Å². The van der Waals surface area contributed by atoms with Crippen molar-refractivity contribution >= 4 is 5.91 Å². The first-order valence-electron chi connectivity index (χ1n) is 6.67. The molecule has 0 N–H and O–H groups in total. The fraction of sp³-hybridized carbons (Fsp3) is 0.500. The van der Waals surface area contributed by atoms with Gasteiger partial charge in [-0.05, 0) is 25.8 Å². The van der Waals surface area contributed by atoms with E-state index in [4.69, 9.17) is 9.47 Å². The minimum atomic E-state index is -0.0561. The van der Waals surface area contributed by atoms with Gasteiger partial charge >= 0.3 is 0 Å². The number of carbonyl (C=O) groups is 1. The van der Waals surface area contributed by atoms with Gasteiger partial charge in [-0.2, -0.15) is 4.98 Å². The molecule has 2 rings (SSSR count). The van der Waals surface area contributed by atoms with Crippen LogP contribution in [0.25, 0.3) is 0 Å². The second kappa shape index (κ2) is 6.88. The molecule has 1 aliphatic rings. The first-order valence-corrected chi connectivity index (χ1v) is 6.67. The lowest BCUT2D eigenvalue weighted by Crippen LogP contribution is -2.43. The monoisotopic (exact) mass is 277 g/mol. The standard InChI is InChI=1S/C14H19N3O3/c1-3-5-14(18)17-7-4-6-11(10-17)20-13-9-15-8-12(16-13)19-2/h3,5,8-9,11H,4,6-7,10H2,1-2H3/b5-3+/t11-/m0/s1. The molecule has 0 unspecified atom stereocenters. The van der Waals surface area contributed by atoms with Crippen LogP contribution in [0.3, 0.4) is 0 Å². The van der Waals surface area contributed by atoms with E-state index in [2.05, 4.69) is 9.97 Å². The predicted molar refractivity (Wildman–Crippen MR) is 73.6 cm³/mol. The molecule has 0 radical (unpaired) electrons. The number of rotatable bonds is 4. The number of ether oxygens (including phenoxy) is 2. The first kappa shape index (κ1) is 14.3. The molecule has 1 fully saturated rings. The summed E-state index contributed by atoms with van der Waals surface area (Å²) in [5, 5.41) is 0. The third kappa shape index (κ3) is 3.69. The van der Waals surface area contributed by atoms with Crippen LogP contribution in [-0.2, 0) is 4.79 Å². The molecule has 6 nitrogen and oxygen atoms in total. The Morgan fingerprint density at radius 3 is 3.00 bits per heavy atom. The first-order chi connectivity index (χ1) is 9.72. The minimum Gasteiger partial charge on any atom is -0.480 e. The zero-order chi connectivity index (χ0) is 14.4. The van der Waals surface area contributed by atoms with Crippen molar-refractivity contribution in [1.82, 2.24) is 14.9 Å². The SMILES string of the molecule is C/C=C/C(=O)N1CCC[C@H](Oc2cncc(OC)n2)C1. The maximum absolute atomic E-state index is 11.8. The van der Waals surface area contributed by atoms with E-state index in [1.807, 2.05) is 6.92 Å². The number of methoxy groups -OCH3 is 1. The van der Waals surface area contributed by atoms with Crippen LogP contribution >= 0.6 is 0 Å². The fourth-order valence-corrected chi connectivity index (χ4v) is 2.14. The Hall–Kier alpha value is -2.11. The third-order valence-corrected chi connectivity index (χ3v) is 3.09. The maximum atomic E-state index is 11.8. The van der Waals surface area contributed by atoms with E-state index in [1.165, 1.54) is 13.3 Å². The summed E-state index contributed by atoms with van der Waals surface area (Å²) in [7, 11) is 1.53. The molecule has 1 amide bonds. The zero-order valence-electron chi connectivity index (χ0n) is 11.8. The van der Waals surface area contributed by atoms with Crippen molar-refractivity contribution in [2.24, 2.45) is 0 Å². The number of hydrogen-bond acceptors (Lipinski definition) is 5. The quantitative estimate of drug-likeness (QED) is 0.779. The number of amides is 1. The number of nitrogens with zero attached hydrogens (tertiary/aromatic N) is 3. The molecule has 1 atom stereocenters. The molecule has 0 spiro atoms. The molecule has 0 saturated carbocycles. The maximum Gasteiger partial charge on any atom is 0.246 e. The van der Waals surface area contributed by atoms with Gasteiger partial charge in [0.05, 0.1) is 26.0 Å². The molecule has 1 aromatic heterocycles. The molecule has 20 heavy (non-hydrogen) atoms. The van der Waals surface area contributed by atoms with Gasteiger partial charge in [0.25, 0.3) is 0 Å². The smallest absolute Gasteiger partial charge is 0.246 e. The highest BCUT2D eigenvalue weighted by Crippen LogP contribution is 2.18. The molecule has 2 heterocycles. The highest BCUT2D eigenvalue weighted by atomic mass is 16.5. The number of aromatic nitrogens is 2. The summed E-state index contributed by atoms with van der Waals surface area (Å²) < 4.78 is 10.8. The van der Waals surface area contributed by atoms with Gasteiger partial charge in [0.2, 0.25) is 17.7 Å². The second-order valence-electron chi connectivity index (χ2n) is 4.57. The Kier molecular flexibility index (Phi) is 4.92. The van der Waals surface area contributed by atoms with Crippen molar-refractivity contribution in [3.8, 4) is 11.8 Å². The van der Waals surface area contributed by atoms with E-state index in [0.717, 1.165) is 19.4 Å². The summed E-state index contributed by atoms with van der Waals surface area (Å²) in [5.41, 5.74) is 0. The van der Waals surface area contributed by atoms with Gasteiger partial charge in [-0.1, -0.05) is 6.08 Å². The molecule has 6 heteroatoms. The summed E-state index contributed by atoms with van der Waals surface area (Å²) in [5.74, 6) is 0.868. The molecule has 0 aliphatic carbocycles. The van der Waals surface area contributed by atoms with Gasteiger partial charge in [-0.15, -0.1) is 0 Å². The lowest BCUT2D eigenvalue weighted by atomic mass is 10.1. The molecule has 108 valence electrons. The van der Waals surface area contributed by atoms with Gasteiger partial charge in [0, 0.05) is 6.54 Å². The second-order valence-corrected chi connectivity index (χ2v) is 4.57. The fourth-order valence-electron chi connectivity index (χ4n) is 2.14. The molecule has 1 aromatic rings. The molecule has 0 aromatic carbocycles. The van der Waals surface area contributed by atoms with E-state index in [0.29, 0.717) is 18.3 Å². The van der Waals surface area contributed by atoms with Gasteiger partial charge in [-0.25, -0.2) is 0 Å². The zero-order valence-corrected chi connectivity index (χ0v) is 11.8. The summed E-state index contributed by atoms with van der Waals surface area (Å²) in [6, 6.07) is 0. The lowest BCUT2D eigenvalue weighted by molar-refractivity contribution is -0.128. The van der Waals surface area contributed by atoms with Gasteiger partial charge < -0.3 is 14.4 Å². The largest absolute Gasteiger partial charge is 0.480 e.